The number of hydrogen-bond donors (Lipinski definition) is 2. The number of methoxy groups -OCH3 is 1. The molecule has 1 saturated carbocycles. The Hall–Kier alpha value is -2.48. The van der Waals surface area contributed by atoms with E-state index in [9.17, 15) is 9.59 Å². The smallest absolute Gasteiger partial charge is 0.365 e. The van der Waals surface area contributed by atoms with Crippen LogP contribution < -0.4 is 11.0 Å². The van der Waals surface area contributed by atoms with E-state index in [1.165, 1.54) is 0 Å². The van der Waals surface area contributed by atoms with Crippen LogP contribution in [0, 0.1) is 5.41 Å². The zero-order valence-electron chi connectivity index (χ0n) is 12.2. The molecule has 1 aliphatic carbocycles. The number of rotatable bonds is 6. The van der Waals surface area contributed by atoms with Crippen molar-refractivity contribution < 1.29 is 9.53 Å². The number of carbonyl (C=O) groups excluding carboxylic acids is 1. The molecule has 1 amide bonds. The van der Waals surface area contributed by atoms with Crippen molar-refractivity contribution in [2.24, 2.45) is 5.41 Å². The zero-order chi connectivity index (χ0) is 15.6. The number of hydrogen-bond acceptors (Lipinski definition) is 5. The van der Waals surface area contributed by atoms with Gasteiger partial charge in [0.15, 0.2) is 0 Å². The molecule has 1 heterocycles. The van der Waals surface area contributed by atoms with E-state index in [-0.39, 0.29) is 11.3 Å². The van der Waals surface area contributed by atoms with Gasteiger partial charge in [0.25, 0.3) is 0 Å². The van der Waals surface area contributed by atoms with E-state index in [4.69, 9.17) is 4.74 Å². The topological polar surface area (TPSA) is 102 Å². The van der Waals surface area contributed by atoms with Gasteiger partial charge in [0.1, 0.15) is 0 Å². The Morgan fingerprint density at radius 3 is 2.68 bits per heavy atom. The summed E-state index contributed by atoms with van der Waals surface area (Å²) >= 11 is 0. The molecule has 0 radical (unpaired) electrons. The lowest BCUT2D eigenvalue weighted by atomic mass is 10.0. The first-order valence-corrected chi connectivity index (χ1v) is 7.06. The monoisotopic (exact) mass is 303 g/mol. The maximum absolute atomic E-state index is 12.3. The van der Waals surface area contributed by atoms with Crippen LogP contribution in [0.4, 0.5) is 5.69 Å². The number of ether oxygens (including phenoxy) is 1. The Labute approximate surface area is 126 Å². The van der Waals surface area contributed by atoms with Gasteiger partial charge in [-0.1, -0.05) is 0 Å². The highest BCUT2D eigenvalue weighted by Gasteiger charge is 2.49. The van der Waals surface area contributed by atoms with Crippen LogP contribution in [-0.2, 0) is 9.53 Å². The number of benzene rings is 1. The Kier molecular flexibility index (Phi) is 3.76. The summed E-state index contributed by atoms with van der Waals surface area (Å²) in [6, 6.07) is 6.88. The summed E-state index contributed by atoms with van der Waals surface area (Å²) < 4.78 is 6.20. The average molecular weight is 303 g/mol. The van der Waals surface area contributed by atoms with Crippen molar-refractivity contribution in [1.82, 2.24) is 20.2 Å². The van der Waals surface area contributed by atoms with Crippen molar-refractivity contribution in [3.8, 4) is 5.69 Å². The number of carbonyl (C=O) groups is 1. The molecule has 22 heavy (non-hydrogen) atoms. The largest absolute Gasteiger partial charge is 0.385 e. The van der Waals surface area contributed by atoms with Crippen molar-refractivity contribution in [1.29, 1.82) is 0 Å². The molecule has 1 aromatic carbocycles. The molecule has 0 bridgehead atoms. The van der Waals surface area contributed by atoms with Crippen LogP contribution in [0.25, 0.3) is 5.69 Å². The van der Waals surface area contributed by atoms with Crippen LogP contribution in [0.15, 0.2) is 29.1 Å². The Bertz CT molecular complexity index is 715. The van der Waals surface area contributed by atoms with Crippen molar-refractivity contribution in [2.45, 2.75) is 19.3 Å². The number of nitrogens with zero attached hydrogens (tertiary/aromatic N) is 3. The number of H-pyrrole nitrogens is 1. The summed E-state index contributed by atoms with van der Waals surface area (Å²) in [5.74, 6) is 0.0240. The van der Waals surface area contributed by atoms with E-state index in [0.717, 1.165) is 23.9 Å². The van der Waals surface area contributed by atoms with E-state index in [2.05, 4.69) is 20.8 Å². The van der Waals surface area contributed by atoms with E-state index in [1.54, 1.807) is 31.4 Å². The van der Waals surface area contributed by atoms with Gasteiger partial charge >= 0.3 is 5.69 Å². The molecule has 0 unspecified atom stereocenters. The van der Waals surface area contributed by atoms with Gasteiger partial charge in [0.2, 0.25) is 5.91 Å². The third kappa shape index (κ3) is 2.77. The first-order valence-electron chi connectivity index (χ1n) is 7.06. The fraction of sp³-hybridized carbons (Fsp3) is 0.429. The fourth-order valence-electron chi connectivity index (χ4n) is 2.36. The molecular formula is C14H17N5O3. The normalized spacial score (nSPS) is 15.5. The Balaban J connectivity index is 1.68. The minimum atomic E-state index is -0.409. The molecule has 1 aromatic heterocycles. The summed E-state index contributed by atoms with van der Waals surface area (Å²) in [4.78, 5) is 23.7. The van der Waals surface area contributed by atoms with Crippen LogP contribution in [0.3, 0.4) is 0 Å². The molecule has 2 N–H and O–H groups in total. The van der Waals surface area contributed by atoms with Gasteiger partial charge in [0, 0.05) is 19.4 Å². The molecule has 3 rings (SSSR count). The lowest BCUT2D eigenvalue weighted by Gasteiger charge is -2.14. The van der Waals surface area contributed by atoms with Gasteiger partial charge in [-0.15, -0.1) is 0 Å². The maximum Gasteiger partial charge on any atom is 0.365 e. The van der Waals surface area contributed by atoms with Gasteiger partial charge in [0.05, 0.1) is 11.1 Å². The van der Waals surface area contributed by atoms with E-state index in [0.29, 0.717) is 18.0 Å². The number of anilines is 1. The van der Waals surface area contributed by atoms with Gasteiger partial charge in [-0.3, -0.25) is 4.79 Å². The number of amides is 1. The van der Waals surface area contributed by atoms with E-state index in [1.807, 2.05) is 0 Å². The molecule has 2 aromatic rings. The minimum Gasteiger partial charge on any atom is -0.385 e. The molecule has 0 aliphatic heterocycles. The van der Waals surface area contributed by atoms with Crippen LogP contribution in [0.1, 0.15) is 19.3 Å². The first kappa shape index (κ1) is 14.5. The molecule has 1 aliphatic rings. The number of tetrazole rings is 1. The molecule has 8 nitrogen and oxygen atoms in total. The number of aromatic nitrogens is 4. The second kappa shape index (κ2) is 5.72. The highest BCUT2D eigenvalue weighted by molar-refractivity contribution is 5.97. The summed E-state index contributed by atoms with van der Waals surface area (Å²) in [5.41, 5.74) is 0.581. The molecule has 0 atom stereocenters. The lowest BCUT2D eigenvalue weighted by Crippen LogP contribution is -2.25. The second-order valence-electron chi connectivity index (χ2n) is 5.44. The first-order chi connectivity index (χ1) is 10.6. The Morgan fingerprint density at radius 1 is 1.41 bits per heavy atom. The van der Waals surface area contributed by atoms with Crippen molar-refractivity contribution >= 4 is 11.6 Å². The van der Waals surface area contributed by atoms with Gasteiger partial charge in [-0.05, 0) is 54.0 Å². The third-order valence-corrected chi connectivity index (χ3v) is 3.96. The molecule has 116 valence electrons. The van der Waals surface area contributed by atoms with Gasteiger partial charge < -0.3 is 10.1 Å². The minimum absolute atomic E-state index is 0.0240. The van der Waals surface area contributed by atoms with Crippen LogP contribution in [0.2, 0.25) is 0 Å². The molecular weight excluding hydrogens is 286 g/mol. The van der Waals surface area contributed by atoms with Crippen LogP contribution >= 0.6 is 0 Å². The highest BCUT2D eigenvalue weighted by Crippen LogP contribution is 2.49. The fourth-order valence-corrected chi connectivity index (χ4v) is 2.36. The van der Waals surface area contributed by atoms with Gasteiger partial charge in [-0.2, -0.15) is 4.68 Å². The van der Waals surface area contributed by atoms with Gasteiger partial charge in [-0.25, -0.2) is 9.89 Å². The zero-order valence-corrected chi connectivity index (χ0v) is 12.2. The highest BCUT2D eigenvalue weighted by atomic mass is 16.5. The van der Waals surface area contributed by atoms with Crippen molar-refractivity contribution in [3.63, 3.8) is 0 Å². The molecule has 8 heteroatoms. The summed E-state index contributed by atoms with van der Waals surface area (Å²) in [6.45, 7) is 0.585. The van der Waals surface area contributed by atoms with Crippen LogP contribution in [-0.4, -0.2) is 39.8 Å². The number of aromatic amines is 1. The maximum atomic E-state index is 12.3. The standard InChI is InChI=1S/C14H17N5O3/c1-22-9-8-14(6-7-14)12(20)15-10-2-4-11(5-3-10)19-13(21)16-17-18-19/h2-5H,6-9H2,1H3,(H,15,20)(H,16,18,21). The van der Waals surface area contributed by atoms with Crippen LogP contribution in [0.5, 0.6) is 0 Å². The van der Waals surface area contributed by atoms with Crippen molar-refractivity contribution in [2.75, 3.05) is 19.0 Å². The molecule has 0 spiro atoms. The lowest BCUT2D eigenvalue weighted by molar-refractivity contribution is -0.121. The Morgan fingerprint density at radius 2 is 2.14 bits per heavy atom. The summed E-state index contributed by atoms with van der Waals surface area (Å²) in [6.07, 6.45) is 2.53. The molecule has 1 fully saturated rings. The summed E-state index contributed by atoms with van der Waals surface area (Å²) in [7, 11) is 1.64. The second-order valence-corrected chi connectivity index (χ2v) is 5.44. The number of nitrogens with one attached hydrogen (secondary N) is 2. The SMILES string of the molecule is COCCC1(C(=O)Nc2ccc(-n3nn[nH]c3=O)cc2)CC1. The molecule has 0 saturated heterocycles. The average Bonchev–Trinajstić information content (AvgIpc) is 3.21. The van der Waals surface area contributed by atoms with E-state index < -0.39 is 5.69 Å². The third-order valence-electron chi connectivity index (χ3n) is 3.96. The predicted molar refractivity (Wildman–Crippen MR) is 78.8 cm³/mol. The van der Waals surface area contributed by atoms with E-state index >= 15 is 0 Å². The van der Waals surface area contributed by atoms with Crippen molar-refractivity contribution in [3.05, 3.63) is 34.7 Å². The summed E-state index contributed by atoms with van der Waals surface area (Å²) in [5, 5.41) is 12.2. The predicted octanol–water partition coefficient (Wildman–Crippen LogP) is 0.711. The quantitative estimate of drug-likeness (QED) is 0.818.